The summed E-state index contributed by atoms with van der Waals surface area (Å²) < 4.78 is 1.77. The van der Waals surface area contributed by atoms with Gasteiger partial charge in [-0.1, -0.05) is 24.3 Å². The standard InChI is InChI=1S/C25H21N5O4/c1-16-23(17(2)29(28-16)21-9-4-3-5-10-21)27-25(32)19-7-6-8-20(15-19)26-24(31)18-11-13-22(14-12-18)30(33)34/h3-15H,1-2H3,(H,26,31)(H,27,32). The Bertz CT molecular complexity index is 1380. The summed E-state index contributed by atoms with van der Waals surface area (Å²) in [6, 6.07) is 21.4. The maximum Gasteiger partial charge on any atom is 0.269 e. The van der Waals surface area contributed by atoms with Crippen molar-refractivity contribution in [2.24, 2.45) is 0 Å². The number of anilines is 2. The topological polar surface area (TPSA) is 119 Å². The lowest BCUT2D eigenvalue weighted by atomic mass is 10.1. The van der Waals surface area contributed by atoms with E-state index in [1.54, 1.807) is 28.9 Å². The number of nitro groups is 1. The highest BCUT2D eigenvalue weighted by Crippen LogP contribution is 2.24. The van der Waals surface area contributed by atoms with Crippen LogP contribution in [-0.4, -0.2) is 26.5 Å². The average Bonchev–Trinajstić information content (AvgIpc) is 3.13. The summed E-state index contributed by atoms with van der Waals surface area (Å²) in [6.07, 6.45) is 0. The van der Waals surface area contributed by atoms with Crippen LogP contribution in [0.4, 0.5) is 17.1 Å². The first-order valence-electron chi connectivity index (χ1n) is 10.4. The van der Waals surface area contributed by atoms with Crippen molar-refractivity contribution in [3.8, 4) is 5.69 Å². The summed E-state index contributed by atoms with van der Waals surface area (Å²) in [4.78, 5) is 35.7. The number of nitro benzene ring substituents is 1. The molecule has 4 aromatic rings. The molecule has 0 spiro atoms. The Morgan fingerprint density at radius 2 is 1.53 bits per heavy atom. The fraction of sp³-hybridized carbons (Fsp3) is 0.0800. The van der Waals surface area contributed by atoms with Gasteiger partial charge in [0.2, 0.25) is 0 Å². The van der Waals surface area contributed by atoms with Crippen molar-refractivity contribution in [1.82, 2.24) is 9.78 Å². The number of carbonyl (C=O) groups excluding carboxylic acids is 2. The van der Waals surface area contributed by atoms with Crippen molar-refractivity contribution >= 4 is 28.9 Å². The second-order valence-corrected chi connectivity index (χ2v) is 7.59. The third kappa shape index (κ3) is 4.68. The number of aromatic nitrogens is 2. The smallest absolute Gasteiger partial charge is 0.269 e. The highest BCUT2D eigenvalue weighted by molar-refractivity contribution is 6.07. The lowest BCUT2D eigenvalue weighted by Crippen LogP contribution is -2.15. The number of aryl methyl sites for hydroxylation is 1. The van der Waals surface area contributed by atoms with Crippen molar-refractivity contribution in [3.63, 3.8) is 0 Å². The lowest BCUT2D eigenvalue weighted by Gasteiger charge is -2.09. The Morgan fingerprint density at radius 3 is 2.21 bits per heavy atom. The first kappa shape index (κ1) is 22.4. The minimum Gasteiger partial charge on any atom is -0.322 e. The molecule has 0 saturated carbocycles. The van der Waals surface area contributed by atoms with Crippen LogP contribution in [-0.2, 0) is 0 Å². The van der Waals surface area contributed by atoms with Crippen LogP contribution in [0.3, 0.4) is 0 Å². The molecule has 0 fully saturated rings. The largest absolute Gasteiger partial charge is 0.322 e. The molecule has 0 atom stereocenters. The molecule has 170 valence electrons. The number of nitrogens with one attached hydrogen (secondary N) is 2. The van der Waals surface area contributed by atoms with Crippen molar-refractivity contribution < 1.29 is 14.5 Å². The molecule has 0 aliphatic heterocycles. The SMILES string of the molecule is Cc1nn(-c2ccccc2)c(C)c1NC(=O)c1cccc(NC(=O)c2ccc([N+](=O)[O-])cc2)c1. The number of hydrogen-bond donors (Lipinski definition) is 2. The monoisotopic (exact) mass is 455 g/mol. The zero-order chi connectivity index (χ0) is 24.2. The van der Waals surface area contributed by atoms with Gasteiger partial charge in [0.05, 0.1) is 27.7 Å². The Balaban J connectivity index is 1.50. The number of para-hydroxylation sites is 1. The van der Waals surface area contributed by atoms with E-state index in [1.807, 2.05) is 44.2 Å². The number of hydrogen-bond acceptors (Lipinski definition) is 5. The van der Waals surface area contributed by atoms with E-state index in [1.165, 1.54) is 24.3 Å². The summed E-state index contributed by atoms with van der Waals surface area (Å²) in [5.74, 6) is -0.784. The third-order valence-corrected chi connectivity index (χ3v) is 5.25. The van der Waals surface area contributed by atoms with Crippen LogP contribution < -0.4 is 10.6 Å². The predicted octanol–water partition coefficient (Wildman–Crippen LogP) is 4.90. The zero-order valence-electron chi connectivity index (χ0n) is 18.5. The summed E-state index contributed by atoms with van der Waals surface area (Å²) in [7, 11) is 0. The number of non-ortho nitro benzene ring substituents is 1. The molecule has 2 amide bonds. The number of amides is 2. The van der Waals surface area contributed by atoms with E-state index in [4.69, 9.17) is 0 Å². The predicted molar refractivity (Wildman–Crippen MR) is 128 cm³/mol. The van der Waals surface area contributed by atoms with Crippen LogP contribution in [0.15, 0.2) is 78.9 Å². The number of nitrogens with zero attached hydrogens (tertiary/aromatic N) is 3. The average molecular weight is 455 g/mol. The maximum atomic E-state index is 12.9. The molecular formula is C25H21N5O4. The van der Waals surface area contributed by atoms with Gasteiger partial charge in [0.25, 0.3) is 17.5 Å². The summed E-state index contributed by atoms with van der Waals surface area (Å²) >= 11 is 0. The van der Waals surface area contributed by atoms with Crippen molar-refractivity contribution in [2.75, 3.05) is 10.6 Å². The molecule has 1 aromatic heterocycles. The van der Waals surface area contributed by atoms with E-state index in [0.29, 0.717) is 22.6 Å². The molecule has 2 N–H and O–H groups in total. The van der Waals surface area contributed by atoms with Crippen molar-refractivity contribution in [3.05, 3.63) is 111 Å². The van der Waals surface area contributed by atoms with Gasteiger partial charge >= 0.3 is 0 Å². The van der Waals surface area contributed by atoms with E-state index < -0.39 is 10.8 Å². The first-order chi connectivity index (χ1) is 16.3. The van der Waals surface area contributed by atoms with Gasteiger partial charge in [-0.3, -0.25) is 19.7 Å². The third-order valence-electron chi connectivity index (χ3n) is 5.25. The van der Waals surface area contributed by atoms with E-state index in [0.717, 1.165) is 11.4 Å². The highest BCUT2D eigenvalue weighted by Gasteiger charge is 2.17. The van der Waals surface area contributed by atoms with Crippen LogP contribution in [0, 0.1) is 24.0 Å². The van der Waals surface area contributed by atoms with Crippen LogP contribution in [0.1, 0.15) is 32.1 Å². The van der Waals surface area contributed by atoms with Gasteiger partial charge in [-0.25, -0.2) is 4.68 Å². The Labute approximate surface area is 195 Å². The molecule has 0 radical (unpaired) electrons. The van der Waals surface area contributed by atoms with Crippen LogP contribution in [0.5, 0.6) is 0 Å². The number of carbonyl (C=O) groups is 2. The molecule has 9 nitrogen and oxygen atoms in total. The number of rotatable bonds is 6. The van der Waals surface area contributed by atoms with Crippen molar-refractivity contribution in [1.29, 1.82) is 0 Å². The minimum atomic E-state index is -0.531. The molecule has 9 heteroatoms. The molecule has 4 rings (SSSR count). The van der Waals surface area contributed by atoms with Gasteiger partial charge < -0.3 is 10.6 Å². The Kier molecular flexibility index (Phi) is 6.18. The first-order valence-corrected chi connectivity index (χ1v) is 10.4. The Morgan fingerprint density at radius 1 is 0.853 bits per heavy atom. The Hall–Kier alpha value is -4.79. The fourth-order valence-corrected chi connectivity index (χ4v) is 3.51. The zero-order valence-corrected chi connectivity index (χ0v) is 18.5. The molecular weight excluding hydrogens is 434 g/mol. The number of benzene rings is 3. The molecule has 0 saturated heterocycles. The van der Waals surface area contributed by atoms with Crippen molar-refractivity contribution in [2.45, 2.75) is 13.8 Å². The maximum absolute atomic E-state index is 12.9. The van der Waals surface area contributed by atoms with E-state index >= 15 is 0 Å². The van der Waals surface area contributed by atoms with E-state index in [9.17, 15) is 19.7 Å². The van der Waals surface area contributed by atoms with E-state index in [2.05, 4.69) is 15.7 Å². The second-order valence-electron chi connectivity index (χ2n) is 7.59. The van der Waals surface area contributed by atoms with Crippen LogP contribution in [0.25, 0.3) is 5.69 Å². The molecule has 3 aromatic carbocycles. The molecule has 1 heterocycles. The molecule has 0 unspecified atom stereocenters. The van der Waals surface area contributed by atoms with Gasteiger partial charge in [0.1, 0.15) is 0 Å². The van der Waals surface area contributed by atoms with Crippen LogP contribution in [0.2, 0.25) is 0 Å². The normalized spacial score (nSPS) is 10.5. The summed E-state index contributed by atoms with van der Waals surface area (Å²) in [6.45, 7) is 3.70. The molecule has 0 aliphatic carbocycles. The van der Waals surface area contributed by atoms with Gasteiger partial charge in [0.15, 0.2) is 0 Å². The molecule has 34 heavy (non-hydrogen) atoms. The highest BCUT2D eigenvalue weighted by atomic mass is 16.6. The fourth-order valence-electron chi connectivity index (χ4n) is 3.51. The van der Waals surface area contributed by atoms with Gasteiger partial charge in [0, 0.05) is 28.9 Å². The molecule has 0 bridgehead atoms. The minimum absolute atomic E-state index is 0.101. The van der Waals surface area contributed by atoms with Gasteiger partial charge in [-0.05, 0) is 56.3 Å². The summed E-state index contributed by atoms with van der Waals surface area (Å²) in [5.41, 5.74) is 3.92. The van der Waals surface area contributed by atoms with Crippen LogP contribution >= 0.6 is 0 Å². The van der Waals surface area contributed by atoms with Gasteiger partial charge in [-0.2, -0.15) is 5.10 Å². The quantitative estimate of drug-likeness (QED) is 0.316. The van der Waals surface area contributed by atoms with E-state index in [-0.39, 0.29) is 17.2 Å². The molecule has 0 aliphatic rings. The second kappa shape index (κ2) is 9.37. The lowest BCUT2D eigenvalue weighted by molar-refractivity contribution is -0.384. The summed E-state index contributed by atoms with van der Waals surface area (Å²) in [5, 5.41) is 20.9. The van der Waals surface area contributed by atoms with Gasteiger partial charge in [-0.15, -0.1) is 0 Å².